The van der Waals surface area contributed by atoms with Crippen molar-refractivity contribution in [2.45, 2.75) is 25.4 Å². The first-order chi connectivity index (χ1) is 13.7. The lowest BCUT2D eigenvalue weighted by atomic mass is 10.1. The van der Waals surface area contributed by atoms with Crippen LogP contribution < -0.4 is 16.4 Å². The lowest BCUT2D eigenvalue weighted by Crippen LogP contribution is -2.42. The van der Waals surface area contributed by atoms with Crippen LogP contribution in [-0.4, -0.2) is 43.4 Å². The second-order valence-electron chi connectivity index (χ2n) is 7.04. The monoisotopic (exact) mass is 379 g/mol. The molecule has 0 aromatic heterocycles. The minimum Gasteiger partial charge on any atom is -0.366 e. The molecule has 1 aliphatic rings. The fraction of sp³-hybridized carbons (Fsp3) is 0.364. The first-order valence-electron chi connectivity index (χ1n) is 9.79. The van der Waals surface area contributed by atoms with Crippen LogP contribution in [0.5, 0.6) is 0 Å². The maximum atomic E-state index is 11.2. The van der Waals surface area contributed by atoms with Crippen LogP contribution in [-0.2, 0) is 6.54 Å². The summed E-state index contributed by atoms with van der Waals surface area (Å²) in [4.78, 5) is 18.1. The van der Waals surface area contributed by atoms with Crippen LogP contribution in [0.1, 0.15) is 40.4 Å². The fourth-order valence-electron chi connectivity index (χ4n) is 3.57. The van der Waals surface area contributed by atoms with Gasteiger partial charge in [0.15, 0.2) is 5.96 Å². The third-order valence-electron chi connectivity index (χ3n) is 5.15. The number of carbonyl (C=O) groups is 1. The van der Waals surface area contributed by atoms with Crippen molar-refractivity contribution in [1.82, 2.24) is 15.5 Å². The predicted molar refractivity (Wildman–Crippen MR) is 113 cm³/mol. The third kappa shape index (κ3) is 5.33. The summed E-state index contributed by atoms with van der Waals surface area (Å²) in [6.07, 6.45) is 2.52. The number of hydrogen-bond acceptors (Lipinski definition) is 3. The summed E-state index contributed by atoms with van der Waals surface area (Å²) in [5.41, 5.74) is 8.19. The Bertz CT molecular complexity index is 782. The van der Waals surface area contributed by atoms with Crippen LogP contribution in [0.4, 0.5) is 0 Å². The van der Waals surface area contributed by atoms with Crippen LogP contribution in [0.15, 0.2) is 59.6 Å². The van der Waals surface area contributed by atoms with Gasteiger partial charge >= 0.3 is 0 Å². The van der Waals surface area contributed by atoms with E-state index in [-0.39, 0.29) is 0 Å². The highest BCUT2D eigenvalue weighted by Crippen LogP contribution is 2.24. The van der Waals surface area contributed by atoms with Gasteiger partial charge in [-0.1, -0.05) is 42.5 Å². The Balaban J connectivity index is 1.57. The molecule has 2 aromatic rings. The molecular weight excluding hydrogens is 350 g/mol. The summed E-state index contributed by atoms with van der Waals surface area (Å²) in [5.74, 6) is 0.352. The molecule has 1 heterocycles. The van der Waals surface area contributed by atoms with Gasteiger partial charge in [-0.2, -0.15) is 0 Å². The molecule has 6 heteroatoms. The van der Waals surface area contributed by atoms with E-state index < -0.39 is 5.91 Å². The van der Waals surface area contributed by atoms with E-state index in [0.717, 1.165) is 31.2 Å². The molecule has 0 bridgehead atoms. The van der Waals surface area contributed by atoms with E-state index >= 15 is 0 Å². The number of benzene rings is 2. The average Bonchev–Trinajstić information content (AvgIpc) is 3.26. The van der Waals surface area contributed by atoms with E-state index in [1.165, 1.54) is 18.4 Å². The second-order valence-corrected chi connectivity index (χ2v) is 7.04. The number of nitrogens with two attached hydrogens (primary N) is 1. The quantitative estimate of drug-likeness (QED) is 0.509. The Morgan fingerprint density at radius 3 is 2.36 bits per heavy atom. The molecule has 0 saturated carbocycles. The maximum absolute atomic E-state index is 11.2. The summed E-state index contributed by atoms with van der Waals surface area (Å²) in [7, 11) is 1.78. The summed E-state index contributed by atoms with van der Waals surface area (Å²) in [6.45, 7) is 3.70. The molecule has 0 spiro atoms. The topological polar surface area (TPSA) is 82.7 Å². The second kappa shape index (κ2) is 9.90. The van der Waals surface area contributed by atoms with E-state index in [4.69, 9.17) is 5.73 Å². The summed E-state index contributed by atoms with van der Waals surface area (Å²) in [6, 6.07) is 18.3. The number of hydrogen-bond donors (Lipinski definition) is 3. The van der Waals surface area contributed by atoms with Crippen molar-refractivity contribution < 1.29 is 4.79 Å². The number of nitrogens with zero attached hydrogens (tertiary/aromatic N) is 2. The molecule has 1 fully saturated rings. The molecule has 6 nitrogen and oxygen atoms in total. The van der Waals surface area contributed by atoms with Crippen molar-refractivity contribution in [3.05, 3.63) is 71.3 Å². The molecule has 28 heavy (non-hydrogen) atoms. The number of likely N-dealkylation sites (tertiary alicyclic amines) is 1. The van der Waals surface area contributed by atoms with Gasteiger partial charge in [0, 0.05) is 25.7 Å². The highest BCUT2D eigenvalue weighted by Gasteiger charge is 2.23. The van der Waals surface area contributed by atoms with Gasteiger partial charge < -0.3 is 16.4 Å². The van der Waals surface area contributed by atoms with Crippen molar-refractivity contribution in [3.63, 3.8) is 0 Å². The minimum absolute atomic E-state index is 0.331. The van der Waals surface area contributed by atoms with Gasteiger partial charge in [0.1, 0.15) is 0 Å². The summed E-state index contributed by atoms with van der Waals surface area (Å²) >= 11 is 0. The van der Waals surface area contributed by atoms with Crippen molar-refractivity contribution in [3.8, 4) is 0 Å². The molecule has 148 valence electrons. The van der Waals surface area contributed by atoms with Gasteiger partial charge in [0.25, 0.3) is 0 Å². The molecule has 1 unspecified atom stereocenters. The predicted octanol–water partition coefficient (Wildman–Crippen LogP) is 2.29. The Morgan fingerprint density at radius 1 is 1.07 bits per heavy atom. The SMILES string of the molecule is CN=C(NCc1ccc(C(N)=O)cc1)NCC(c1ccccc1)N1CCCC1. The number of primary amides is 1. The maximum Gasteiger partial charge on any atom is 0.248 e. The molecule has 2 aromatic carbocycles. The number of rotatable bonds is 7. The largest absolute Gasteiger partial charge is 0.366 e. The standard InChI is InChI=1S/C22H29N5O/c1-24-22(25-15-17-9-11-19(12-10-17)21(23)28)26-16-20(27-13-5-6-14-27)18-7-3-2-4-8-18/h2-4,7-12,20H,5-6,13-16H2,1H3,(H2,23,28)(H2,24,25,26). The number of carbonyl (C=O) groups excluding carboxylic acids is 1. The molecule has 4 N–H and O–H groups in total. The lowest BCUT2D eigenvalue weighted by molar-refractivity contribution is 0.100. The fourth-order valence-corrected chi connectivity index (χ4v) is 3.57. The van der Waals surface area contributed by atoms with E-state index in [9.17, 15) is 4.79 Å². The normalized spacial score (nSPS) is 16.0. The van der Waals surface area contributed by atoms with Gasteiger partial charge in [0.05, 0.1) is 6.04 Å². The van der Waals surface area contributed by atoms with E-state index in [0.29, 0.717) is 18.2 Å². The van der Waals surface area contributed by atoms with Crippen LogP contribution in [0.25, 0.3) is 0 Å². The first-order valence-corrected chi connectivity index (χ1v) is 9.79. The van der Waals surface area contributed by atoms with Gasteiger partial charge in [-0.25, -0.2) is 0 Å². The van der Waals surface area contributed by atoms with Crippen molar-refractivity contribution in [1.29, 1.82) is 0 Å². The zero-order valence-electron chi connectivity index (χ0n) is 16.4. The zero-order chi connectivity index (χ0) is 19.8. The summed E-state index contributed by atoms with van der Waals surface area (Å²) < 4.78 is 0. The van der Waals surface area contributed by atoms with E-state index in [2.05, 4.69) is 50.9 Å². The molecule has 1 saturated heterocycles. The smallest absolute Gasteiger partial charge is 0.248 e. The molecule has 1 aliphatic heterocycles. The van der Waals surface area contributed by atoms with Gasteiger partial charge in [0.2, 0.25) is 5.91 Å². The average molecular weight is 380 g/mol. The van der Waals surface area contributed by atoms with Gasteiger partial charge in [-0.15, -0.1) is 0 Å². The molecule has 1 amide bonds. The van der Waals surface area contributed by atoms with Crippen molar-refractivity contribution in [2.75, 3.05) is 26.7 Å². The van der Waals surface area contributed by atoms with Gasteiger partial charge in [-0.05, 0) is 49.2 Å². The minimum atomic E-state index is -0.411. The third-order valence-corrected chi connectivity index (χ3v) is 5.15. The molecular formula is C22H29N5O. The number of guanidine groups is 1. The Morgan fingerprint density at radius 2 is 1.75 bits per heavy atom. The van der Waals surface area contributed by atoms with Crippen molar-refractivity contribution in [2.24, 2.45) is 10.7 Å². The van der Waals surface area contributed by atoms with E-state index in [1.807, 2.05) is 12.1 Å². The number of nitrogens with one attached hydrogen (secondary N) is 2. The van der Waals surface area contributed by atoms with Crippen LogP contribution in [0, 0.1) is 0 Å². The van der Waals surface area contributed by atoms with Crippen LogP contribution in [0.2, 0.25) is 0 Å². The van der Waals surface area contributed by atoms with Crippen LogP contribution >= 0.6 is 0 Å². The Hall–Kier alpha value is -2.86. The van der Waals surface area contributed by atoms with Gasteiger partial charge in [-0.3, -0.25) is 14.7 Å². The Kier molecular flexibility index (Phi) is 7.03. The first kappa shape index (κ1) is 19.9. The van der Waals surface area contributed by atoms with Crippen LogP contribution in [0.3, 0.4) is 0 Å². The summed E-state index contributed by atoms with van der Waals surface area (Å²) in [5, 5.41) is 6.80. The zero-order valence-corrected chi connectivity index (χ0v) is 16.4. The molecule has 3 rings (SSSR count). The molecule has 0 radical (unpaired) electrons. The highest BCUT2D eigenvalue weighted by molar-refractivity contribution is 5.92. The number of amides is 1. The molecule has 0 aliphatic carbocycles. The Labute approximate surface area is 166 Å². The van der Waals surface area contributed by atoms with Crippen molar-refractivity contribution >= 4 is 11.9 Å². The number of aliphatic imine (C=N–C) groups is 1. The lowest BCUT2D eigenvalue weighted by Gasteiger charge is -2.29. The molecule has 1 atom stereocenters. The van der Waals surface area contributed by atoms with E-state index in [1.54, 1.807) is 19.2 Å². The highest BCUT2D eigenvalue weighted by atomic mass is 16.1.